The molecule has 0 atom stereocenters. The van der Waals surface area contributed by atoms with E-state index >= 15 is 0 Å². The zero-order valence-electron chi connectivity index (χ0n) is 13.4. The summed E-state index contributed by atoms with van der Waals surface area (Å²) in [5, 5.41) is 8.27. The highest BCUT2D eigenvalue weighted by atomic mass is 79.9. The van der Waals surface area contributed by atoms with Crippen LogP contribution in [0.15, 0.2) is 58.0 Å². The molecule has 1 aliphatic heterocycles. The average molecular weight is 421 g/mol. The van der Waals surface area contributed by atoms with Gasteiger partial charge in [-0.15, -0.1) is 0 Å². The van der Waals surface area contributed by atoms with E-state index in [1.165, 1.54) is 0 Å². The summed E-state index contributed by atoms with van der Waals surface area (Å²) in [6.45, 7) is 3.65. The Morgan fingerprint density at radius 2 is 1.84 bits per heavy atom. The van der Waals surface area contributed by atoms with Gasteiger partial charge in [-0.1, -0.05) is 12.1 Å². The van der Waals surface area contributed by atoms with Gasteiger partial charge in [-0.2, -0.15) is 17.6 Å². The zero-order valence-corrected chi connectivity index (χ0v) is 15.8. The molecule has 0 unspecified atom stereocenters. The number of piperazine rings is 1. The number of hydrogen-bond donors (Lipinski definition) is 1. The Morgan fingerprint density at radius 1 is 1.08 bits per heavy atom. The van der Waals surface area contributed by atoms with Crippen molar-refractivity contribution in [2.45, 2.75) is 4.90 Å². The summed E-state index contributed by atoms with van der Waals surface area (Å²) in [4.78, 5) is 2.45. The van der Waals surface area contributed by atoms with Crippen molar-refractivity contribution in [3.63, 3.8) is 0 Å². The number of fused-ring (bicyclic) bond motifs is 1. The topological polar surface area (TPSA) is 67.2 Å². The standard InChI is InChI=1S/C17H17BrN4O2S/c18-15-3-1-2-4-17(15)25(23,24)22-16-11-14(6-5-13(16)12-20-22)21-9-7-19-8-10-21/h1-6,11-12,19H,7-10H2. The molecule has 1 saturated heterocycles. The van der Waals surface area contributed by atoms with E-state index < -0.39 is 10.0 Å². The van der Waals surface area contributed by atoms with Gasteiger partial charge in [0.25, 0.3) is 10.0 Å². The van der Waals surface area contributed by atoms with Gasteiger partial charge in [0.05, 0.1) is 11.7 Å². The van der Waals surface area contributed by atoms with Crippen LogP contribution in [-0.4, -0.2) is 43.8 Å². The fourth-order valence-electron chi connectivity index (χ4n) is 3.04. The summed E-state index contributed by atoms with van der Waals surface area (Å²) in [6, 6.07) is 12.6. The van der Waals surface area contributed by atoms with E-state index in [1.807, 2.05) is 18.2 Å². The first-order valence-electron chi connectivity index (χ1n) is 8.01. The summed E-state index contributed by atoms with van der Waals surface area (Å²) >= 11 is 3.32. The average Bonchev–Trinajstić information content (AvgIpc) is 3.06. The minimum absolute atomic E-state index is 0.201. The van der Waals surface area contributed by atoms with Crippen LogP contribution in [0.1, 0.15) is 0 Å². The SMILES string of the molecule is O=S(=O)(c1ccccc1Br)n1ncc2ccc(N3CCNCC3)cc21. The van der Waals surface area contributed by atoms with E-state index in [-0.39, 0.29) is 4.90 Å². The summed E-state index contributed by atoms with van der Waals surface area (Å²) in [5.74, 6) is 0. The number of rotatable bonds is 3. The zero-order chi connectivity index (χ0) is 17.4. The quantitative estimate of drug-likeness (QED) is 0.704. The van der Waals surface area contributed by atoms with Gasteiger partial charge in [-0.25, -0.2) is 0 Å². The number of hydrogen-bond acceptors (Lipinski definition) is 5. The Morgan fingerprint density at radius 3 is 2.60 bits per heavy atom. The minimum atomic E-state index is -3.77. The van der Waals surface area contributed by atoms with Gasteiger partial charge in [-0.05, 0) is 46.3 Å². The van der Waals surface area contributed by atoms with Crippen molar-refractivity contribution in [2.24, 2.45) is 0 Å². The summed E-state index contributed by atoms with van der Waals surface area (Å²) in [7, 11) is -3.77. The van der Waals surface area contributed by atoms with E-state index in [4.69, 9.17) is 0 Å². The Labute approximate surface area is 154 Å². The van der Waals surface area contributed by atoms with Crippen molar-refractivity contribution in [3.8, 4) is 0 Å². The summed E-state index contributed by atoms with van der Waals surface area (Å²) in [6.07, 6.45) is 1.59. The maximum atomic E-state index is 13.1. The number of benzene rings is 2. The Balaban J connectivity index is 1.83. The van der Waals surface area contributed by atoms with Gasteiger partial charge >= 0.3 is 0 Å². The van der Waals surface area contributed by atoms with Crippen LogP contribution in [0, 0.1) is 0 Å². The minimum Gasteiger partial charge on any atom is -0.369 e. The van der Waals surface area contributed by atoms with Crippen molar-refractivity contribution in [1.29, 1.82) is 0 Å². The third kappa shape index (κ3) is 2.94. The highest BCUT2D eigenvalue weighted by molar-refractivity contribution is 9.10. The Bertz CT molecular complexity index is 1030. The fourth-order valence-corrected chi connectivity index (χ4v) is 5.28. The van der Waals surface area contributed by atoms with Crippen molar-refractivity contribution < 1.29 is 8.42 Å². The number of aromatic nitrogens is 2. The molecular weight excluding hydrogens is 404 g/mol. The third-order valence-corrected chi connectivity index (χ3v) is 6.96. The van der Waals surface area contributed by atoms with Gasteiger partial charge in [0.2, 0.25) is 0 Å². The molecule has 0 amide bonds. The molecule has 1 fully saturated rings. The van der Waals surface area contributed by atoms with Crippen LogP contribution >= 0.6 is 15.9 Å². The lowest BCUT2D eigenvalue weighted by Gasteiger charge is -2.29. The maximum Gasteiger partial charge on any atom is 0.284 e. The van der Waals surface area contributed by atoms with Crippen molar-refractivity contribution in [2.75, 3.05) is 31.1 Å². The normalized spacial score (nSPS) is 15.6. The molecule has 2 heterocycles. The second-order valence-electron chi connectivity index (χ2n) is 5.90. The van der Waals surface area contributed by atoms with Gasteiger partial charge in [0.15, 0.2) is 0 Å². The van der Waals surface area contributed by atoms with Crippen LogP contribution in [0.5, 0.6) is 0 Å². The van der Waals surface area contributed by atoms with Gasteiger partial charge in [0.1, 0.15) is 4.90 Å². The van der Waals surface area contributed by atoms with Crippen LogP contribution < -0.4 is 10.2 Å². The second-order valence-corrected chi connectivity index (χ2v) is 8.49. The van der Waals surface area contributed by atoms with E-state index in [0.717, 1.165) is 41.3 Å². The lowest BCUT2D eigenvalue weighted by atomic mass is 10.2. The number of halogens is 1. The van der Waals surface area contributed by atoms with E-state index in [0.29, 0.717) is 9.99 Å². The van der Waals surface area contributed by atoms with Crippen LogP contribution in [0.4, 0.5) is 5.69 Å². The predicted octanol–water partition coefficient (Wildman–Crippen LogP) is 2.45. The fraction of sp³-hybridized carbons (Fsp3) is 0.235. The van der Waals surface area contributed by atoms with Crippen molar-refractivity contribution in [1.82, 2.24) is 14.5 Å². The lowest BCUT2D eigenvalue weighted by molar-refractivity contribution is 0.581. The molecule has 4 rings (SSSR count). The molecule has 0 radical (unpaired) electrons. The molecule has 0 spiro atoms. The first kappa shape index (κ1) is 16.6. The molecule has 25 heavy (non-hydrogen) atoms. The maximum absolute atomic E-state index is 13.1. The largest absolute Gasteiger partial charge is 0.369 e. The van der Waals surface area contributed by atoms with E-state index in [1.54, 1.807) is 30.5 Å². The molecule has 2 aromatic carbocycles. The molecule has 0 bridgehead atoms. The molecule has 0 saturated carbocycles. The molecule has 3 aromatic rings. The summed E-state index contributed by atoms with van der Waals surface area (Å²) in [5.41, 5.74) is 1.60. The molecule has 8 heteroatoms. The van der Waals surface area contributed by atoms with Crippen LogP contribution in [0.25, 0.3) is 10.9 Å². The number of anilines is 1. The number of nitrogens with zero attached hydrogens (tertiary/aromatic N) is 3. The van der Waals surface area contributed by atoms with E-state index in [9.17, 15) is 8.42 Å². The predicted molar refractivity (Wildman–Crippen MR) is 102 cm³/mol. The highest BCUT2D eigenvalue weighted by Gasteiger charge is 2.23. The summed E-state index contributed by atoms with van der Waals surface area (Å²) < 4.78 is 27.8. The van der Waals surface area contributed by atoms with Gasteiger partial charge in [0, 0.05) is 41.7 Å². The molecule has 0 aliphatic carbocycles. The molecule has 1 aliphatic rings. The lowest BCUT2D eigenvalue weighted by Crippen LogP contribution is -2.43. The van der Waals surface area contributed by atoms with Crippen molar-refractivity contribution >= 4 is 42.5 Å². The monoisotopic (exact) mass is 420 g/mol. The van der Waals surface area contributed by atoms with Crippen LogP contribution in [-0.2, 0) is 10.0 Å². The molecule has 1 aromatic heterocycles. The molecule has 6 nitrogen and oxygen atoms in total. The van der Waals surface area contributed by atoms with Gasteiger partial charge < -0.3 is 10.2 Å². The first-order valence-corrected chi connectivity index (χ1v) is 10.2. The molecule has 1 N–H and O–H groups in total. The first-order chi connectivity index (χ1) is 12.1. The van der Waals surface area contributed by atoms with Crippen LogP contribution in [0.3, 0.4) is 0 Å². The highest BCUT2D eigenvalue weighted by Crippen LogP contribution is 2.28. The number of nitrogens with one attached hydrogen (secondary N) is 1. The smallest absolute Gasteiger partial charge is 0.284 e. The van der Waals surface area contributed by atoms with Crippen molar-refractivity contribution in [3.05, 3.63) is 53.1 Å². The Kier molecular flexibility index (Phi) is 4.26. The van der Waals surface area contributed by atoms with E-state index in [2.05, 4.69) is 31.2 Å². The van der Waals surface area contributed by atoms with Crippen LogP contribution in [0.2, 0.25) is 0 Å². The van der Waals surface area contributed by atoms with Gasteiger partial charge in [-0.3, -0.25) is 0 Å². The molecule has 130 valence electrons. The second kappa shape index (κ2) is 6.44. The molecular formula is C17H17BrN4O2S. The third-order valence-electron chi connectivity index (χ3n) is 4.35. The Hall–Kier alpha value is -1.90.